The number of hydrogen-bond donors (Lipinski definition) is 1. The number of amides is 1. The fourth-order valence-electron chi connectivity index (χ4n) is 4.74. The summed E-state index contributed by atoms with van der Waals surface area (Å²) < 4.78 is 8.49. The van der Waals surface area contributed by atoms with Crippen LogP contribution in [-0.4, -0.2) is 61.0 Å². The number of nitro benzene ring substituents is 1. The van der Waals surface area contributed by atoms with Crippen molar-refractivity contribution < 1.29 is 28.8 Å². The summed E-state index contributed by atoms with van der Waals surface area (Å²) in [7, 11) is -4.58. The molecule has 1 heterocycles. The van der Waals surface area contributed by atoms with Gasteiger partial charge in [-0.1, -0.05) is 66.8 Å². The van der Waals surface area contributed by atoms with Gasteiger partial charge in [0.05, 0.1) is 16.9 Å². The highest BCUT2D eigenvalue weighted by molar-refractivity contribution is 6.80. The molecule has 0 aromatic heterocycles. The van der Waals surface area contributed by atoms with Crippen molar-refractivity contribution in [1.82, 2.24) is 4.57 Å². The first-order chi connectivity index (χ1) is 17.5. The largest absolute Gasteiger partial charge is 0.481 e. The number of nitrogens with zero attached hydrogens (tertiary/aromatic N) is 2. The number of aliphatic carboxylic acids is 1. The Hall–Kier alpha value is -2.38. The fourth-order valence-corrected chi connectivity index (χ4v) is 8.68. The van der Waals surface area contributed by atoms with E-state index >= 15 is 0 Å². The average molecular weight is 579 g/mol. The van der Waals surface area contributed by atoms with Crippen LogP contribution in [0.25, 0.3) is 0 Å². The van der Waals surface area contributed by atoms with E-state index < -0.39 is 57.2 Å². The molecule has 0 saturated carbocycles. The van der Waals surface area contributed by atoms with Crippen molar-refractivity contribution in [3.8, 4) is 0 Å². The van der Waals surface area contributed by atoms with E-state index in [0.29, 0.717) is 5.56 Å². The van der Waals surface area contributed by atoms with Crippen LogP contribution in [0.2, 0.25) is 36.3 Å². The monoisotopic (exact) mass is 578 g/mol. The lowest BCUT2D eigenvalue weighted by Gasteiger charge is -2.60. The third kappa shape index (κ3) is 6.86. The number of hydrogen-bond acceptors (Lipinski definition) is 6. The van der Waals surface area contributed by atoms with Crippen molar-refractivity contribution in [1.29, 1.82) is 0 Å². The quantitative estimate of drug-likeness (QED) is 0.111. The van der Waals surface area contributed by atoms with Gasteiger partial charge in [0, 0.05) is 24.6 Å². The summed E-state index contributed by atoms with van der Waals surface area (Å²) in [6.07, 6.45) is -0.554. The van der Waals surface area contributed by atoms with Crippen LogP contribution in [0, 0.1) is 22.0 Å². The van der Waals surface area contributed by atoms with Crippen LogP contribution in [0.5, 0.6) is 0 Å². The number of non-ortho nitro benzene ring substituents is 1. The lowest BCUT2D eigenvalue weighted by atomic mass is 9.80. The first-order valence-corrected chi connectivity index (χ1v) is 19.4. The number of rotatable bonds is 11. The molecule has 1 unspecified atom stereocenters. The van der Waals surface area contributed by atoms with E-state index in [9.17, 15) is 29.6 Å². The van der Waals surface area contributed by atoms with Crippen molar-refractivity contribution in [2.45, 2.75) is 110 Å². The number of carboxylic acids is 1. The summed E-state index contributed by atoms with van der Waals surface area (Å²) in [4.78, 5) is 49.9. The van der Waals surface area contributed by atoms with E-state index in [0.717, 1.165) is 0 Å². The minimum atomic E-state index is -2.37. The maximum atomic E-state index is 13.7. The fraction of sp³-hybridized carbons (Fsp3) is 0.679. The summed E-state index contributed by atoms with van der Waals surface area (Å²) in [5.74, 6) is -3.56. The van der Waals surface area contributed by atoms with E-state index in [1.807, 2.05) is 11.5 Å². The highest BCUT2D eigenvalue weighted by Crippen LogP contribution is 2.48. The SMILES string of the molecule is C[C@@H](O[Si](C)(C)C(C)(C)C)[C@@H]1C(=O)N([Si](C)(C)C(C)(C)C)[C@@H]1CC(=O)C(Cc1ccc([N+](=O)[O-])cc1)C(=O)O. The second kappa shape index (κ2) is 11.2. The van der Waals surface area contributed by atoms with Crippen molar-refractivity contribution in [2.75, 3.05) is 0 Å². The molecule has 1 aromatic carbocycles. The average Bonchev–Trinajstić information content (AvgIpc) is 2.74. The smallest absolute Gasteiger partial charge is 0.314 e. The Balaban J connectivity index is 2.39. The summed E-state index contributed by atoms with van der Waals surface area (Å²) in [5, 5.41) is 20.7. The van der Waals surface area contributed by atoms with Crippen molar-refractivity contribution in [3.63, 3.8) is 0 Å². The minimum Gasteiger partial charge on any atom is -0.481 e. The standard InChI is InChI=1S/C28H46N2O7Si2/c1-18(37-39(10,11)28(5,6)7)24-22(29(25(24)32)38(8,9)27(2,3)4)17-23(31)21(26(33)34)16-19-12-14-20(15-13-19)30(35)36/h12-15,18,21-22,24H,16-17H2,1-11H3,(H,33,34)/t18-,21?,22-,24+/m1/s1. The molecule has 0 aliphatic carbocycles. The zero-order valence-electron chi connectivity index (χ0n) is 25.3. The van der Waals surface area contributed by atoms with Crippen molar-refractivity contribution in [2.24, 2.45) is 11.8 Å². The number of ketones is 1. The Morgan fingerprint density at radius 2 is 1.56 bits per heavy atom. The molecule has 1 fully saturated rings. The van der Waals surface area contributed by atoms with Gasteiger partial charge in [-0.3, -0.25) is 24.5 Å². The second-order valence-electron chi connectivity index (χ2n) is 13.9. The Bertz CT molecular complexity index is 1100. The molecule has 1 saturated heterocycles. The molecule has 1 N–H and O–H groups in total. The number of Topliss-reactive ketones (excluding diaryl/α,β-unsaturated/α-hetero) is 1. The lowest BCUT2D eigenvalue weighted by Crippen LogP contribution is -2.75. The van der Waals surface area contributed by atoms with Crippen LogP contribution in [0.1, 0.15) is 60.5 Å². The molecular weight excluding hydrogens is 532 g/mol. The van der Waals surface area contributed by atoms with E-state index in [1.165, 1.54) is 24.3 Å². The highest BCUT2D eigenvalue weighted by Gasteiger charge is 2.60. The Labute approximate surface area is 234 Å². The molecule has 1 aliphatic rings. The number of β-lactam (4-membered cyclic amide) rings is 1. The normalized spacial score (nSPS) is 20.3. The van der Waals surface area contributed by atoms with E-state index in [-0.39, 0.29) is 34.5 Å². The van der Waals surface area contributed by atoms with Gasteiger partial charge in [-0.2, -0.15) is 0 Å². The Kier molecular flexibility index (Phi) is 9.47. The summed E-state index contributed by atoms with van der Waals surface area (Å²) in [6, 6.07) is 5.13. The Morgan fingerprint density at radius 3 is 1.97 bits per heavy atom. The zero-order valence-corrected chi connectivity index (χ0v) is 27.3. The molecule has 1 amide bonds. The molecule has 0 radical (unpaired) electrons. The lowest BCUT2D eigenvalue weighted by molar-refractivity contribution is -0.384. The Morgan fingerprint density at radius 1 is 1.05 bits per heavy atom. The number of carbonyl (C=O) groups is 3. The van der Waals surface area contributed by atoms with Crippen LogP contribution in [0.4, 0.5) is 5.69 Å². The van der Waals surface area contributed by atoms with Gasteiger partial charge in [0.15, 0.2) is 16.6 Å². The van der Waals surface area contributed by atoms with Gasteiger partial charge in [0.2, 0.25) is 5.91 Å². The number of carboxylic acid groups (broad SMARTS) is 1. The van der Waals surface area contributed by atoms with Crippen LogP contribution in [0.3, 0.4) is 0 Å². The summed E-state index contributed by atoms with van der Waals surface area (Å²) in [5.41, 5.74) is 0.423. The first-order valence-electron chi connectivity index (χ1n) is 13.5. The van der Waals surface area contributed by atoms with Crippen LogP contribution in [-0.2, 0) is 25.2 Å². The molecule has 0 spiro atoms. The van der Waals surface area contributed by atoms with Gasteiger partial charge >= 0.3 is 5.97 Å². The zero-order chi connectivity index (χ0) is 30.3. The highest BCUT2D eigenvalue weighted by atomic mass is 28.4. The van der Waals surface area contributed by atoms with Crippen molar-refractivity contribution in [3.05, 3.63) is 39.9 Å². The molecule has 0 bridgehead atoms. The summed E-state index contributed by atoms with van der Waals surface area (Å²) in [6.45, 7) is 23.1. The van der Waals surface area contributed by atoms with Gasteiger partial charge in [0.1, 0.15) is 11.7 Å². The molecule has 1 aliphatic heterocycles. The molecular formula is C28H46N2O7Si2. The van der Waals surface area contributed by atoms with E-state index in [1.54, 1.807) is 0 Å². The number of benzene rings is 1. The number of nitro groups is 1. The predicted molar refractivity (Wildman–Crippen MR) is 157 cm³/mol. The van der Waals surface area contributed by atoms with E-state index in [2.05, 4.69) is 67.7 Å². The van der Waals surface area contributed by atoms with Crippen molar-refractivity contribution >= 4 is 39.9 Å². The van der Waals surface area contributed by atoms with Gasteiger partial charge in [-0.15, -0.1) is 0 Å². The second-order valence-corrected chi connectivity index (χ2v) is 23.7. The van der Waals surface area contributed by atoms with Gasteiger partial charge in [-0.25, -0.2) is 0 Å². The number of carbonyl (C=O) groups excluding carboxylic acids is 2. The van der Waals surface area contributed by atoms with Gasteiger partial charge in [-0.05, 0) is 42.1 Å². The summed E-state index contributed by atoms with van der Waals surface area (Å²) >= 11 is 0. The first kappa shape index (κ1) is 32.8. The minimum absolute atomic E-state index is 0.0205. The van der Waals surface area contributed by atoms with Gasteiger partial charge in [0.25, 0.3) is 5.69 Å². The third-order valence-electron chi connectivity index (χ3n) is 9.18. The van der Waals surface area contributed by atoms with Crippen LogP contribution >= 0.6 is 0 Å². The topological polar surface area (TPSA) is 127 Å². The predicted octanol–water partition coefficient (Wildman–Crippen LogP) is 6.04. The third-order valence-corrected chi connectivity index (χ3v) is 19.2. The molecule has 1 aromatic rings. The maximum Gasteiger partial charge on any atom is 0.314 e. The molecule has 9 nitrogen and oxygen atoms in total. The van der Waals surface area contributed by atoms with Gasteiger partial charge < -0.3 is 14.1 Å². The van der Waals surface area contributed by atoms with Crippen LogP contribution in [0.15, 0.2) is 24.3 Å². The molecule has 39 heavy (non-hydrogen) atoms. The van der Waals surface area contributed by atoms with E-state index in [4.69, 9.17) is 4.43 Å². The maximum absolute atomic E-state index is 13.7. The molecule has 2 rings (SSSR count). The molecule has 4 atom stereocenters. The molecule has 218 valence electrons. The molecule has 11 heteroatoms. The van der Waals surface area contributed by atoms with Crippen LogP contribution < -0.4 is 0 Å².